The van der Waals surface area contributed by atoms with Crippen LogP contribution in [-0.4, -0.2) is 125 Å². The molecular weight excluding hydrogens is 327 g/mol. The van der Waals surface area contributed by atoms with Crippen molar-refractivity contribution in [3.05, 3.63) is 0 Å². The maximum absolute atomic E-state index is 8.88. The predicted molar refractivity (Wildman–Crippen MR) is 70.5 cm³/mol. The van der Waals surface area contributed by atoms with Crippen LogP contribution < -0.4 is 0 Å². The van der Waals surface area contributed by atoms with Gasteiger partial charge in [0.05, 0.1) is 0 Å². The Balaban J connectivity index is -0.0000000128. The minimum atomic E-state index is -4.64. The summed E-state index contributed by atoms with van der Waals surface area (Å²) in [6.07, 6.45) is 0. The normalized spacial score (nSPS) is 7.87. The molecule has 0 radical (unpaired) electrons. The van der Waals surface area contributed by atoms with Crippen LogP contribution in [0.5, 0.6) is 0 Å². The summed E-state index contributed by atoms with van der Waals surface area (Å²) >= 11 is 0. The molecular formula is H19Al3CaO9P2. The Morgan fingerprint density at radius 2 is 0.600 bits per heavy atom. The third kappa shape index (κ3) is 418. The van der Waals surface area contributed by atoms with Gasteiger partial charge in [-0.25, -0.2) is 9.13 Å². The van der Waals surface area contributed by atoms with Gasteiger partial charge in [-0.05, 0) is 0 Å². The van der Waals surface area contributed by atoms with Gasteiger partial charge in [0, 0.05) is 0 Å². The van der Waals surface area contributed by atoms with E-state index in [-0.39, 0.29) is 95.3 Å². The van der Waals surface area contributed by atoms with Crippen molar-refractivity contribution >= 4 is 105 Å². The molecule has 15 heavy (non-hydrogen) atoms. The Bertz CT molecular complexity index is 136. The first-order valence-electron chi connectivity index (χ1n) is 1.57. The second-order valence-corrected chi connectivity index (χ2v) is 3.08. The maximum atomic E-state index is 8.88. The van der Waals surface area contributed by atoms with Crippen LogP contribution in [0.2, 0.25) is 0 Å². The van der Waals surface area contributed by atoms with Crippen molar-refractivity contribution in [2.45, 2.75) is 0 Å². The molecule has 9 nitrogen and oxygen atoms in total. The summed E-state index contributed by atoms with van der Waals surface area (Å²) in [5.74, 6) is 0. The molecule has 0 aliphatic carbocycles. The fraction of sp³-hybridized carbons (Fsp3) is 0. The molecule has 0 unspecified atom stereocenters. The Hall–Kier alpha value is 3.04. The van der Waals surface area contributed by atoms with E-state index < -0.39 is 15.6 Å². The van der Waals surface area contributed by atoms with Gasteiger partial charge in [0.2, 0.25) is 0 Å². The fourth-order valence-electron chi connectivity index (χ4n) is 0. The van der Waals surface area contributed by atoms with Crippen molar-refractivity contribution in [1.29, 1.82) is 0 Å². The second kappa shape index (κ2) is 19.4. The van der Waals surface area contributed by atoms with Gasteiger partial charge in [-0.1, -0.05) is 0 Å². The van der Waals surface area contributed by atoms with Gasteiger partial charge in [0.1, 0.15) is 0 Å². The molecule has 0 aromatic heterocycles. The van der Waals surface area contributed by atoms with E-state index in [1.807, 2.05) is 0 Å². The Kier molecular flexibility index (Phi) is 55.5. The van der Waals surface area contributed by atoms with Crippen molar-refractivity contribution in [2.24, 2.45) is 0 Å². The molecule has 0 aromatic rings. The molecule has 0 rings (SSSR count). The van der Waals surface area contributed by atoms with Crippen LogP contribution in [0.25, 0.3) is 0 Å². The topological polar surface area (TPSA) is 187 Å². The minimum absolute atomic E-state index is 0. The van der Waals surface area contributed by atoms with E-state index >= 15 is 0 Å². The van der Waals surface area contributed by atoms with E-state index in [1.54, 1.807) is 0 Å². The van der Waals surface area contributed by atoms with Gasteiger partial charge < -0.3 is 34.8 Å². The molecule has 15 heteroatoms. The summed E-state index contributed by atoms with van der Waals surface area (Å²) in [5.41, 5.74) is 0. The first-order valence-corrected chi connectivity index (χ1v) is 4.70. The summed E-state index contributed by atoms with van der Waals surface area (Å²) < 4.78 is 17.8. The molecule has 0 amide bonds. The van der Waals surface area contributed by atoms with E-state index in [1.165, 1.54) is 0 Å². The molecule has 0 heterocycles. The summed E-state index contributed by atoms with van der Waals surface area (Å²) in [7, 11) is -9.28. The fourth-order valence-corrected chi connectivity index (χ4v) is 0. The van der Waals surface area contributed by atoms with Crippen molar-refractivity contribution < 1.29 is 44.0 Å². The summed E-state index contributed by atoms with van der Waals surface area (Å²) in [6, 6.07) is 0. The van der Waals surface area contributed by atoms with E-state index in [0.717, 1.165) is 0 Å². The van der Waals surface area contributed by atoms with E-state index in [2.05, 4.69) is 0 Å². The van der Waals surface area contributed by atoms with Gasteiger partial charge in [-0.2, -0.15) is 0 Å². The van der Waals surface area contributed by atoms with Crippen molar-refractivity contribution in [3.8, 4) is 0 Å². The van der Waals surface area contributed by atoms with Crippen LogP contribution in [0.4, 0.5) is 0 Å². The van der Waals surface area contributed by atoms with Crippen LogP contribution in [0.3, 0.4) is 0 Å². The van der Waals surface area contributed by atoms with Crippen LogP contribution >= 0.6 is 15.6 Å². The molecule has 0 fully saturated rings. The zero-order chi connectivity index (χ0) is 9.00. The monoisotopic (exact) mass is 346 g/mol. The predicted octanol–water partition coefficient (Wildman–Crippen LogP) is -7.15. The van der Waals surface area contributed by atoms with E-state index in [4.69, 9.17) is 38.5 Å². The third-order valence-electron chi connectivity index (χ3n) is 0. The number of hydrogen-bond acceptors (Lipinski definition) is 2. The molecule has 8 N–H and O–H groups in total. The Morgan fingerprint density at radius 3 is 0.600 bits per heavy atom. The molecule has 94 valence electrons. The first kappa shape index (κ1) is 43.0. The Labute approximate surface area is 147 Å². The van der Waals surface area contributed by atoms with E-state index in [0.29, 0.717) is 0 Å². The first-order chi connectivity index (χ1) is 4.00. The molecule has 0 aliphatic heterocycles. The Morgan fingerprint density at radius 1 is 0.600 bits per heavy atom. The molecule has 0 aliphatic rings. The molecule has 0 bridgehead atoms. The number of phosphoric acid groups is 2. The number of hydrogen-bond donors (Lipinski definition) is 6. The molecule has 0 saturated carbocycles. The average molecular weight is 346 g/mol. The molecule has 0 atom stereocenters. The summed E-state index contributed by atoms with van der Waals surface area (Å²) in [4.78, 5) is 43.1. The average Bonchev–Trinajstić information content (AvgIpc) is 1.12. The third-order valence-corrected chi connectivity index (χ3v) is 0. The van der Waals surface area contributed by atoms with Crippen LogP contribution in [0.15, 0.2) is 0 Å². The molecule has 0 aromatic carbocycles. The van der Waals surface area contributed by atoms with Gasteiger partial charge in [-0.15, -0.1) is 0 Å². The van der Waals surface area contributed by atoms with Crippen LogP contribution in [0.1, 0.15) is 0 Å². The molecule has 0 saturated heterocycles. The zero-order valence-corrected chi connectivity index (χ0v) is 6.68. The van der Waals surface area contributed by atoms with Crippen LogP contribution in [-0.2, 0) is 9.13 Å². The van der Waals surface area contributed by atoms with Crippen LogP contribution in [0, 0.1) is 0 Å². The SMILES string of the molecule is O.O=P(O)(O)O.O=P(O)(O)O.[AlH3].[AlH3].[AlH3].[CaH2]. The second-order valence-electron chi connectivity index (χ2n) is 1.03. The van der Waals surface area contributed by atoms with Crippen molar-refractivity contribution in [3.63, 3.8) is 0 Å². The van der Waals surface area contributed by atoms with Gasteiger partial charge in [0.15, 0.2) is 52.1 Å². The summed E-state index contributed by atoms with van der Waals surface area (Å²) in [5, 5.41) is 0. The van der Waals surface area contributed by atoms with Gasteiger partial charge >= 0.3 is 53.4 Å². The number of rotatable bonds is 0. The van der Waals surface area contributed by atoms with E-state index in [9.17, 15) is 0 Å². The summed E-state index contributed by atoms with van der Waals surface area (Å²) in [6.45, 7) is 0. The molecule has 0 spiro atoms. The van der Waals surface area contributed by atoms with Gasteiger partial charge in [0.25, 0.3) is 0 Å². The van der Waals surface area contributed by atoms with Crippen molar-refractivity contribution in [2.75, 3.05) is 0 Å². The standard InChI is InChI=1S/3Al.Ca.2H3O4P.H2O.11H/c;;;;2*1-5(2,3)4;;;;;;;;;;;;/h;;;;2*(H3,1,2,3,4);1H2;;;;;;;;;;;. The van der Waals surface area contributed by atoms with Gasteiger partial charge in [-0.3, -0.25) is 0 Å². The zero-order valence-electron chi connectivity index (χ0n) is 4.89. The van der Waals surface area contributed by atoms with Crippen molar-refractivity contribution in [1.82, 2.24) is 0 Å². The quantitative estimate of drug-likeness (QED) is 0.184.